The number of nitrogens with zero attached hydrogens (tertiary/aromatic N) is 4. The van der Waals surface area contributed by atoms with Gasteiger partial charge >= 0.3 is 12.1 Å². The van der Waals surface area contributed by atoms with Crippen molar-refractivity contribution in [3.05, 3.63) is 35.5 Å². The molecule has 2 aromatic rings. The Bertz CT molecular complexity index is 1730. The van der Waals surface area contributed by atoms with Gasteiger partial charge in [0.05, 0.1) is 18.5 Å². The number of amides is 5. The van der Waals surface area contributed by atoms with E-state index in [0.717, 1.165) is 31.2 Å². The predicted octanol–water partition coefficient (Wildman–Crippen LogP) is 3.49. The molecule has 0 radical (unpaired) electrons. The molecule has 54 heavy (non-hydrogen) atoms. The van der Waals surface area contributed by atoms with Crippen molar-refractivity contribution in [3.63, 3.8) is 0 Å². The molecule has 5 amide bonds. The lowest BCUT2D eigenvalue weighted by molar-refractivity contribution is -0.157. The number of esters is 1. The maximum absolute atomic E-state index is 14.0. The fraction of sp³-hybridized carbons (Fsp3) is 0.615. The number of nitrogens with one attached hydrogen (secondary N) is 2. The third kappa shape index (κ3) is 10.2. The molecule has 0 bridgehead atoms. The Morgan fingerprint density at radius 3 is 2.26 bits per heavy atom. The largest absolute Gasteiger partial charge is 0.480 e. The van der Waals surface area contributed by atoms with Crippen LogP contribution in [0.5, 0.6) is 5.75 Å². The first-order valence-corrected chi connectivity index (χ1v) is 19.1. The van der Waals surface area contributed by atoms with Gasteiger partial charge in [-0.05, 0) is 84.9 Å². The molecule has 1 aromatic carbocycles. The molecule has 5 rings (SSSR count). The van der Waals surface area contributed by atoms with Gasteiger partial charge in [0.1, 0.15) is 29.1 Å². The average molecular weight is 751 g/mol. The Labute approximate surface area is 316 Å². The first-order valence-electron chi connectivity index (χ1n) is 19.1. The minimum atomic E-state index is -1.30. The molecular weight excluding hydrogens is 696 g/mol. The van der Waals surface area contributed by atoms with Gasteiger partial charge in [0.2, 0.25) is 11.8 Å². The lowest BCUT2D eigenvalue weighted by atomic mass is 10.1. The fourth-order valence-corrected chi connectivity index (χ4v) is 7.19. The summed E-state index contributed by atoms with van der Waals surface area (Å²) in [4.78, 5) is 89.1. The van der Waals surface area contributed by atoms with Gasteiger partial charge in [-0.15, -0.1) is 0 Å². The van der Waals surface area contributed by atoms with Crippen molar-refractivity contribution in [2.24, 2.45) is 0 Å². The van der Waals surface area contributed by atoms with Crippen molar-refractivity contribution in [2.75, 3.05) is 39.3 Å². The predicted molar refractivity (Wildman–Crippen MR) is 199 cm³/mol. The topological polar surface area (TPSA) is 177 Å². The molecule has 2 N–H and O–H groups in total. The summed E-state index contributed by atoms with van der Waals surface area (Å²) < 4.78 is 16.9. The van der Waals surface area contributed by atoms with Crippen LogP contribution in [0.15, 0.2) is 24.3 Å². The number of carbonyl (C=O) groups excluding carboxylic acids is 6. The highest BCUT2D eigenvalue weighted by Crippen LogP contribution is 2.29. The highest BCUT2D eigenvalue weighted by atomic mass is 16.6. The number of aromatic nitrogens is 1. The third-order valence-corrected chi connectivity index (χ3v) is 9.86. The molecule has 3 aliphatic rings. The van der Waals surface area contributed by atoms with Gasteiger partial charge in [0, 0.05) is 50.2 Å². The van der Waals surface area contributed by atoms with E-state index >= 15 is 0 Å². The number of fused-ring (bicyclic) bond motifs is 1. The van der Waals surface area contributed by atoms with Crippen LogP contribution in [-0.4, -0.2) is 125 Å². The average Bonchev–Trinajstić information content (AvgIpc) is 3.83. The van der Waals surface area contributed by atoms with E-state index in [9.17, 15) is 28.8 Å². The van der Waals surface area contributed by atoms with Crippen molar-refractivity contribution >= 4 is 46.6 Å². The summed E-state index contributed by atoms with van der Waals surface area (Å²) in [6.45, 7) is 11.8. The van der Waals surface area contributed by atoms with Gasteiger partial charge in [-0.3, -0.25) is 24.0 Å². The zero-order valence-corrected chi connectivity index (χ0v) is 32.3. The quantitative estimate of drug-likeness (QED) is 0.324. The van der Waals surface area contributed by atoms with Gasteiger partial charge in [-0.25, -0.2) is 9.78 Å². The molecule has 1 aliphatic carbocycles. The molecule has 1 aromatic heterocycles. The summed E-state index contributed by atoms with van der Waals surface area (Å²) in [7, 11) is 0. The molecule has 3 fully saturated rings. The van der Waals surface area contributed by atoms with E-state index in [2.05, 4.69) is 15.6 Å². The van der Waals surface area contributed by atoms with Gasteiger partial charge in [-0.1, -0.05) is 18.9 Å². The maximum atomic E-state index is 14.0. The SMILES string of the molecule is CCOC(=O)N1CCN(C(=O)C(CC(=O)OC(C)(C)C)NC(=O)c2cc(O[C@@H](C)C(=O)N3CCCC3C(=O)NC3CCCC3)c3ccc(C)cc3n2)CC1. The number of piperazine rings is 1. The van der Waals surface area contributed by atoms with Crippen molar-refractivity contribution in [2.45, 2.75) is 116 Å². The van der Waals surface area contributed by atoms with Crippen LogP contribution in [0.1, 0.15) is 95.6 Å². The number of hydrogen-bond donors (Lipinski definition) is 2. The molecule has 2 aliphatic heterocycles. The number of carbonyl (C=O) groups is 6. The Kier molecular flexibility index (Phi) is 13.0. The zero-order chi connectivity index (χ0) is 39.2. The third-order valence-electron chi connectivity index (χ3n) is 9.86. The lowest BCUT2D eigenvalue weighted by Gasteiger charge is -2.36. The second-order valence-corrected chi connectivity index (χ2v) is 15.3. The molecule has 3 heterocycles. The monoisotopic (exact) mass is 750 g/mol. The number of ether oxygens (including phenoxy) is 3. The summed E-state index contributed by atoms with van der Waals surface area (Å²) in [5.41, 5.74) is 0.382. The van der Waals surface area contributed by atoms with Crippen molar-refractivity contribution in [1.82, 2.24) is 30.3 Å². The first kappa shape index (κ1) is 40.2. The Morgan fingerprint density at radius 2 is 1.59 bits per heavy atom. The van der Waals surface area contributed by atoms with E-state index in [0.29, 0.717) is 30.3 Å². The Hall–Kier alpha value is -4.95. The fourth-order valence-electron chi connectivity index (χ4n) is 7.19. The van der Waals surface area contributed by atoms with Crippen LogP contribution in [0, 0.1) is 6.92 Å². The molecule has 2 unspecified atom stereocenters. The smallest absolute Gasteiger partial charge is 0.409 e. The van der Waals surface area contributed by atoms with E-state index in [1.165, 1.54) is 15.9 Å². The number of likely N-dealkylation sites (tertiary alicyclic amines) is 1. The second-order valence-electron chi connectivity index (χ2n) is 15.3. The molecule has 0 spiro atoms. The Balaban J connectivity index is 1.35. The standard InChI is InChI=1S/C39H54N6O9/c1-7-52-38(51)44-19-17-43(18-20-44)37(50)30(23-33(46)54-39(4,5)6)42-34(47)29-22-32(27-15-14-24(2)21-28(27)41-29)53-25(3)36(49)45-16-10-13-31(45)35(48)40-26-11-8-9-12-26/h14-15,21-22,25-26,30-31H,7-13,16-20,23H2,1-6H3,(H,40,48)(H,42,47)/t25-,30?,31?/m0/s1. The molecule has 15 heteroatoms. The highest BCUT2D eigenvalue weighted by molar-refractivity contribution is 6.00. The van der Waals surface area contributed by atoms with Gasteiger partial charge < -0.3 is 39.5 Å². The normalized spacial score (nSPS) is 18.9. The van der Waals surface area contributed by atoms with E-state index in [1.807, 2.05) is 13.0 Å². The summed E-state index contributed by atoms with van der Waals surface area (Å²) in [5.74, 6) is -2.18. The maximum Gasteiger partial charge on any atom is 0.409 e. The summed E-state index contributed by atoms with van der Waals surface area (Å²) in [6, 6.07) is 5.12. The van der Waals surface area contributed by atoms with Crippen LogP contribution in [0.3, 0.4) is 0 Å². The van der Waals surface area contributed by atoms with E-state index in [1.54, 1.807) is 51.7 Å². The minimum absolute atomic E-state index is 0.0909. The number of aryl methyl sites for hydroxylation is 1. The molecule has 294 valence electrons. The van der Waals surface area contributed by atoms with Crippen LogP contribution in [0.25, 0.3) is 10.9 Å². The number of pyridine rings is 1. The first-order chi connectivity index (χ1) is 25.6. The van der Waals surface area contributed by atoms with E-state index in [4.69, 9.17) is 14.2 Å². The number of hydrogen-bond acceptors (Lipinski definition) is 10. The zero-order valence-electron chi connectivity index (χ0n) is 32.3. The second kappa shape index (κ2) is 17.5. The van der Waals surface area contributed by atoms with Crippen molar-refractivity contribution < 1.29 is 43.0 Å². The van der Waals surface area contributed by atoms with Crippen LogP contribution >= 0.6 is 0 Å². The molecular formula is C39H54N6O9. The summed E-state index contributed by atoms with van der Waals surface area (Å²) >= 11 is 0. The van der Waals surface area contributed by atoms with Crippen molar-refractivity contribution in [1.29, 1.82) is 0 Å². The van der Waals surface area contributed by atoms with Gasteiger partial charge in [0.15, 0.2) is 6.10 Å². The van der Waals surface area contributed by atoms with Crippen LogP contribution in [-0.2, 0) is 28.7 Å². The van der Waals surface area contributed by atoms with Crippen LogP contribution in [0.4, 0.5) is 4.79 Å². The summed E-state index contributed by atoms with van der Waals surface area (Å²) in [6.07, 6.45) is 3.42. The van der Waals surface area contributed by atoms with Crippen LogP contribution in [0.2, 0.25) is 0 Å². The van der Waals surface area contributed by atoms with E-state index < -0.39 is 54.1 Å². The van der Waals surface area contributed by atoms with Gasteiger partial charge in [-0.2, -0.15) is 0 Å². The molecule has 15 nitrogen and oxygen atoms in total. The van der Waals surface area contributed by atoms with Crippen molar-refractivity contribution in [3.8, 4) is 5.75 Å². The molecule has 1 saturated carbocycles. The number of rotatable bonds is 11. The highest BCUT2D eigenvalue weighted by Gasteiger charge is 2.38. The molecule has 2 saturated heterocycles. The van der Waals surface area contributed by atoms with Gasteiger partial charge in [0.25, 0.3) is 11.8 Å². The van der Waals surface area contributed by atoms with E-state index in [-0.39, 0.29) is 62.1 Å². The van der Waals surface area contributed by atoms with Crippen LogP contribution < -0.4 is 15.4 Å². The molecule has 3 atom stereocenters. The minimum Gasteiger partial charge on any atom is -0.480 e. The number of benzene rings is 1. The summed E-state index contributed by atoms with van der Waals surface area (Å²) in [5, 5.41) is 6.39. The lowest BCUT2D eigenvalue weighted by Crippen LogP contribution is -2.56. The Morgan fingerprint density at radius 1 is 0.907 bits per heavy atom.